The van der Waals surface area contributed by atoms with Gasteiger partial charge in [0.05, 0.1) is 5.69 Å². The van der Waals surface area contributed by atoms with Crippen LogP contribution in [0.3, 0.4) is 0 Å². The number of pyridine rings is 1. The Balaban J connectivity index is 2.31. The molecule has 1 N–H and O–H groups in total. The van der Waals surface area contributed by atoms with Gasteiger partial charge in [0.1, 0.15) is 0 Å². The lowest BCUT2D eigenvalue weighted by Crippen LogP contribution is -2.34. The van der Waals surface area contributed by atoms with Gasteiger partial charge >= 0.3 is 0 Å². The first-order chi connectivity index (χ1) is 9.27. The lowest BCUT2D eigenvalue weighted by molar-refractivity contribution is 0.434. The molecule has 0 amide bonds. The highest BCUT2D eigenvalue weighted by atomic mass is 14.9. The predicted molar refractivity (Wildman–Crippen MR) is 82.5 cm³/mol. The van der Waals surface area contributed by atoms with Crippen LogP contribution in [0.5, 0.6) is 0 Å². The lowest BCUT2D eigenvalue weighted by atomic mass is 9.92. The minimum absolute atomic E-state index is 0.433. The molecule has 102 valence electrons. The third-order valence-corrected chi connectivity index (χ3v) is 3.84. The fraction of sp³-hybridized carbons (Fsp3) is 0.471. The van der Waals surface area contributed by atoms with Crippen LogP contribution in [0.15, 0.2) is 36.5 Å². The summed E-state index contributed by atoms with van der Waals surface area (Å²) in [5, 5.41) is 6.21. The van der Waals surface area contributed by atoms with Gasteiger partial charge in [0.15, 0.2) is 0 Å². The molecule has 0 radical (unpaired) electrons. The van der Waals surface area contributed by atoms with Crippen molar-refractivity contribution in [3.05, 3.63) is 42.2 Å². The molecule has 2 atom stereocenters. The van der Waals surface area contributed by atoms with Crippen LogP contribution < -0.4 is 5.32 Å². The summed E-state index contributed by atoms with van der Waals surface area (Å²) < 4.78 is 0. The maximum atomic E-state index is 4.64. The van der Waals surface area contributed by atoms with E-state index in [2.05, 4.69) is 61.4 Å². The van der Waals surface area contributed by atoms with Crippen molar-refractivity contribution in [2.45, 2.75) is 45.6 Å². The Morgan fingerprint density at radius 1 is 1.16 bits per heavy atom. The smallest absolute Gasteiger partial charge is 0.0525 e. The summed E-state index contributed by atoms with van der Waals surface area (Å²) >= 11 is 0. The first-order valence-electron chi connectivity index (χ1n) is 7.35. The topological polar surface area (TPSA) is 24.9 Å². The zero-order chi connectivity index (χ0) is 13.7. The molecule has 2 nitrogen and oxygen atoms in total. The molecule has 1 aromatic heterocycles. The van der Waals surface area contributed by atoms with E-state index in [1.807, 2.05) is 6.20 Å². The molecule has 0 aliphatic carbocycles. The van der Waals surface area contributed by atoms with Crippen molar-refractivity contribution in [3.63, 3.8) is 0 Å². The van der Waals surface area contributed by atoms with Crippen molar-refractivity contribution < 1.29 is 0 Å². The largest absolute Gasteiger partial charge is 0.313 e. The summed E-state index contributed by atoms with van der Waals surface area (Å²) in [5.74, 6) is 0.433. The quantitative estimate of drug-likeness (QED) is 0.841. The van der Waals surface area contributed by atoms with Gasteiger partial charge in [-0.1, -0.05) is 45.0 Å². The fourth-order valence-corrected chi connectivity index (χ4v) is 2.70. The van der Waals surface area contributed by atoms with Gasteiger partial charge in [-0.15, -0.1) is 0 Å². The molecule has 0 bridgehead atoms. The van der Waals surface area contributed by atoms with E-state index in [0.717, 1.165) is 13.0 Å². The molecule has 0 fully saturated rings. The van der Waals surface area contributed by atoms with Crippen LogP contribution in [0, 0.1) is 0 Å². The molecule has 2 rings (SSSR count). The van der Waals surface area contributed by atoms with E-state index in [4.69, 9.17) is 0 Å². The van der Waals surface area contributed by atoms with Gasteiger partial charge < -0.3 is 5.32 Å². The third kappa shape index (κ3) is 3.13. The minimum Gasteiger partial charge on any atom is -0.313 e. The second-order valence-electron chi connectivity index (χ2n) is 5.17. The predicted octanol–water partition coefficient (Wildman–Crippen LogP) is 4.12. The molecular weight excluding hydrogens is 232 g/mol. The maximum Gasteiger partial charge on any atom is 0.0525 e. The SMILES string of the molecule is CCCNC(CC)C(C)c1nccc2ccccc12. The zero-order valence-electron chi connectivity index (χ0n) is 12.2. The first-order valence-corrected chi connectivity index (χ1v) is 7.35. The standard InChI is InChI=1S/C17H24N2/c1-4-11-18-16(5-2)13(3)17-15-9-7-6-8-14(15)10-12-19-17/h6-10,12-13,16,18H,4-5,11H2,1-3H3. The molecule has 19 heavy (non-hydrogen) atoms. The molecule has 2 aromatic rings. The zero-order valence-corrected chi connectivity index (χ0v) is 12.2. The van der Waals surface area contributed by atoms with Gasteiger partial charge in [0, 0.05) is 23.5 Å². The highest BCUT2D eigenvalue weighted by molar-refractivity contribution is 5.84. The van der Waals surface area contributed by atoms with Crippen LogP contribution in [0.1, 0.15) is 45.2 Å². The van der Waals surface area contributed by atoms with Crippen molar-refractivity contribution in [3.8, 4) is 0 Å². The van der Waals surface area contributed by atoms with E-state index in [0.29, 0.717) is 12.0 Å². The summed E-state index contributed by atoms with van der Waals surface area (Å²) in [4.78, 5) is 4.64. The van der Waals surface area contributed by atoms with Gasteiger partial charge in [0.2, 0.25) is 0 Å². The monoisotopic (exact) mass is 256 g/mol. The van der Waals surface area contributed by atoms with E-state index in [9.17, 15) is 0 Å². The Labute approximate surface area is 116 Å². The van der Waals surface area contributed by atoms with Crippen molar-refractivity contribution >= 4 is 10.8 Å². The normalized spacial score (nSPS) is 14.5. The lowest BCUT2D eigenvalue weighted by Gasteiger charge is -2.24. The highest BCUT2D eigenvalue weighted by Gasteiger charge is 2.19. The van der Waals surface area contributed by atoms with Gasteiger partial charge in [-0.05, 0) is 30.8 Å². The number of fused-ring (bicyclic) bond motifs is 1. The molecule has 0 aliphatic heterocycles. The Bertz CT molecular complexity index is 516. The van der Waals surface area contributed by atoms with Crippen LogP contribution in [-0.2, 0) is 0 Å². The molecule has 0 spiro atoms. The van der Waals surface area contributed by atoms with E-state index >= 15 is 0 Å². The summed E-state index contributed by atoms with van der Waals surface area (Å²) in [7, 11) is 0. The number of hydrogen-bond acceptors (Lipinski definition) is 2. The van der Waals surface area contributed by atoms with Crippen LogP contribution in [0.4, 0.5) is 0 Å². The molecule has 2 unspecified atom stereocenters. The average Bonchev–Trinajstić information content (AvgIpc) is 2.47. The number of nitrogens with zero attached hydrogens (tertiary/aromatic N) is 1. The van der Waals surface area contributed by atoms with Gasteiger partial charge in [-0.3, -0.25) is 4.98 Å². The first kappa shape index (κ1) is 14.0. The second-order valence-corrected chi connectivity index (χ2v) is 5.17. The van der Waals surface area contributed by atoms with E-state index in [-0.39, 0.29) is 0 Å². The van der Waals surface area contributed by atoms with Crippen LogP contribution in [0.2, 0.25) is 0 Å². The molecule has 1 aromatic carbocycles. The number of hydrogen-bond donors (Lipinski definition) is 1. The average molecular weight is 256 g/mol. The third-order valence-electron chi connectivity index (χ3n) is 3.84. The summed E-state index contributed by atoms with van der Waals surface area (Å²) in [5.41, 5.74) is 1.22. The van der Waals surface area contributed by atoms with E-state index in [1.54, 1.807) is 0 Å². The Kier molecular flexibility index (Phi) is 4.92. The number of benzene rings is 1. The van der Waals surface area contributed by atoms with Crippen LogP contribution in [-0.4, -0.2) is 17.6 Å². The van der Waals surface area contributed by atoms with Gasteiger partial charge in [-0.25, -0.2) is 0 Å². The summed E-state index contributed by atoms with van der Waals surface area (Å²) in [6.45, 7) is 7.81. The van der Waals surface area contributed by atoms with Crippen molar-refractivity contribution in [1.82, 2.24) is 10.3 Å². The van der Waals surface area contributed by atoms with Gasteiger partial charge in [-0.2, -0.15) is 0 Å². The second kappa shape index (κ2) is 6.67. The summed E-state index contributed by atoms with van der Waals surface area (Å²) in [6, 6.07) is 11.1. The minimum atomic E-state index is 0.433. The Morgan fingerprint density at radius 2 is 1.95 bits per heavy atom. The van der Waals surface area contributed by atoms with E-state index in [1.165, 1.54) is 22.9 Å². The highest BCUT2D eigenvalue weighted by Crippen LogP contribution is 2.26. The summed E-state index contributed by atoms with van der Waals surface area (Å²) in [6.07, 6.45) is 4.24. The Hall–Kier alpha value is -1.41. The fourth-order valence-electron chi connectivity index (χ4n) is 2.70. The van der Waals surface area contributed by atoms with Crippen LogP contribution in [0.25, 0.3) is 10.8 Å². The molecular formula is C17H24N2. The van der Waals surface area contributed by atoms with Crippen molar-refractivity contribution in [2.75, 3.05) is 6.54 Å². The van der Waals surface area contributed by atoms with Crippen LogP contribution >= 0.6 is 0 Å². The van der Waals surface area contributed by atoms with Gasteiger partial charge in [0.25, 0.3) is 0 Å². The molecule has 0 saturated heterocycles. The molecule has 0 saturated carbocycles. The number of aromatic nitrogens is 1. The van der Waals surface area contributed by atoms with E-state index < -0.39 is 0 Å². The molecule has 2 heteroatoms. The maximum absolute atomic E-state index is 4.64. The number of nitrogens with one attached hydrogen (secondary N) is 1. The molecule has 0 aliphatic rings. The molecule has 1 heterocycles. The van der Waals surface area contributed by atoms with Crippen molar-refractivity contribution in [2.24, 2.45) is 0 Å². The Morgan fingerprint density at radius 3 is 2.68 bits per heavy atom. The van der Waals surface area contributed by atoms with Crippen molar-refractivity contribution in [1.29, 1.82) is 0 Å². The number of rotatable bonds is 6.